The number of ether oxygens (including phenoxy) is 2. The van der Waals surface area contributed by atoms with Gasteiger partial charge in [-0.25, -0.2) is 0 Å². The topological polar surface area (TPSA) is 55.8 Å². The molecular formula is C25H18Br2ClNO4S. The maximum absolute atomic E-state index is 12.9. The molecule has 0 bridgehead atoms. The highest BCUT2D eigenvalue weighted by Gasteiger charge is 2.35. The Morgan fingerprint density at radius 3 is 2.59 bits per heavy atom. The average Bonchev–Trinajstić information content (AvgIpc) is 3.06. The fourth-order valence-electron chi connectivity index (χ4n) is 3.33. The van der Waals surface area contributed by atoms with Crippen molar-refractivity contribution in [3.05, 3.63) is 96.2 Å². The van der Waals surface area contributed by atoms with Gasteiger partial charge in [0.25, 0.3) is 11.1 Å². The molecule has 2 amide bonds. The summed E-state index contributed by atoms with van der Waals surface area (Å²) in [6.07, 6.45) is 1.68. The van der Waals surface area contributed by atoms with Crippen LogP contribution in [0.3, 0.4) is 0 Å². The van der Waals surface area contributed by atoms with Crippen molar-refractivity contribution in [3.63, 3.8) is 0 Å². The number of halogens is 3. The van der Waals surface area contributed by atoms with Gasteiger partial charge in [0, 0.05) is 15.1 Å². The molecule has 9 heteroatoms. The molecule has 1 aliphatic heterocycles. The van der Waals surface area contributed by atoms with Gasteiger partial charge >= 0.3 is 0 Å². The number of hydrogen-bond acceptors (Lipinski definition) is 5. The molecule has 0 atom stereocenters. The van der Waals surface area contributed by atoms with E-state index in [4.69, 9.17) is 21.1 Å². The lowest BCUT2D eigenvalue weighted by atomic mass is 10.1. The third-order valence-electron chi connectivity index (χ3n) is 4.98. The van der Waals surface area contributed by atoms with Gasteiger partial charge in [0.15, 0.2) is 11.5 Å². The fourth-order valence-corrected chi connectivity index (χ4v) is 5.38. The maximum atomic E-state index is 12.9. The van der Waals surface area contributed by atoms with Gasteiger partial charge in [-0.15, -0.1) is 0 Å². The summed E-state index contributed by atoms with van der Waals surface area (Å²) >= 11 is 14.1. The summed E-state index contributed by atoms with van der Waals surface area (Å²) in [6.45, 7) is 0.478. The van der Waals surface area contributed by atoms with Crippen LogP contribution in [0, 0.1) is 0 Å². The minimum Gasteiger partial charge on any atom is -0.493 e. The Hall–Kier alpha value is -2.26. The van der Waals surface area contributed by atoms with Gasteiger partial charge in [-0.2, -0.15) is 0 Å². The summed E-state index contributed by atoms with van der Waals surface area (Å²) in [5.41, 5.74) is 2.41. The molecule has 1 fully saturated rings. The van der Waals surface area contributed by atoms with Crippen molar-refractivity contribution in [2.75, 3.05) is 7.11 Å². The lowest BCUT2D eigenvalue weighted by molar-refractivity contribution is -0.123. The second kappa shape index (κ2) is 11.0. The molecule has 0 saturated carbocycles. The third kappa shape index (κ3) is 5.68. The van der Waals surface area contributed by atoms with Crippen molar-refractivity contribution in [1.29, 1.82) is 0 Å². The molecule has 0 aromatic heterocycles. The summed E-state index contributed by atoms with van der Waals surface area (Å²) in [6, 6.07) is 18.5. The van der Waals surface area contributed by atoms with E-state index in [1.165, 1.54) is 4.90 Å². The van der Waals surface area contributed by atoms with Crippen LogP contribution < -0.4 is 9.47 Å². The number of rotatable bonds is 7. The number of hydrogen-bond donors (Lipinski definition) is 0. The fraction of sp³-hybridized carbons (Fsp3) is 0.120. The summed E-state index contributed by atoms with van der Waals surface area (Å²) in [5, 5.41) is 0.315. The van der Waals surface area contributed by atoms with Gasteiger partial charge < -0.3 is 9.47 Å². The first-order chi connectivity index (χ1) is 16.4. The van der Waals surface area contributed by atoms with Crippen LogP contribution in [-0.2, 0) is 17.9 Å². The Morgan fingerprint density at radius 1 is 1.06 bits per heavy atom. The molecule has 5 nitrogen and oxygen atoms in total. The minimum atomic E-state index is -0.330. The Morgan fingerprint density at radius 2 is 1.85 bits per heavy atom. The molecule has 3 aromatic carbocycles. The summed E-state index contributed by atoms with van der Waals surface area (Å²) in [7, 11) is 1.54. The van der Waals surface area contributed by atoms with E-state index in [2.05, 4.69) is 31.9 Å². The van der Waals surface area contributed by atoms with Crippen LogP contribution in [-0.4, -0.2) is 23.2 Å². The zero-order chi connectivity index (χ0) is 24.2. The van der Waals surface area contributed by atoms with Crippen molar-refractivity contribution < 1.29 is 19.1 Å². The molecule has 0 N–H and O–H groups in total. The smallest absolute Gasteiger partial charge is 0.293 e. The summed E-state index contributed by atoms with van der Waals surface area (Å²) in [5.74, 6) is 0.674. The zero-order valence-electron chi connectivity index (χ0n) is 17.9. The first-order valence-corrected chi connectivity index (χ1v) is 12.9. The van der Waals surface area contributed by atoms with E-state index in [0.717, 1.165) is 27.4 Å². The largest absolute Gasteiger partial charge is 0.493 e. The summed E-state index contributed by atoms with van der Waals surface area (Å²) in [4.78, 5) is 27.0. The van der Waals surface area contributed by atoms with E-state index in [1.807, 2.05) is 48.5 Å². The third-order valence-corrected chi connectivity index (χ3v) is 7.34. The number of imide groups is 1. The van der Waals surface area contributed by atoms with Crippen molar-refractivity contribution >= 4 is 72.4 Å². The van der Waals surface area contributed by atoms with Crippen molar-refractivity contribution in [3.8, 4) is 11.5 Å². The first kappa shape index (κ1) is 24.9. The number of methoxy groups -OCH3 is 1. The molecule has 1 heterocycles. The number of benzene rings is 3. The number of carbonyl (C=O) groups is 2. The van der Waals surface area contributed by atoms with E-state index in [1.54, 1.807) is 25.3 Å². The highest BCUT2D eigenvalue weighted by atomic mass is 79.9. The minimum absolute atomic E-state index is 0.212. The number of carbonyl (C=O) groups excluding carboxylic acids is 2. The maximum Gasteiger partial charge on any atom is 0.293 e. The van der Waals surface area contributed by atoms with Crippen molar-refractivity contribution in [1.82, 2.24) is 4.90 Å². The standard InChI is InChI=1S/C25H18Br2ClNO4S/c1-32-21-11-16(10-19(27)23(21)33-14-17-6-2-3-8-20(17)28)12-22-24(30)29(25(31)34-22)13-15-5-4-7-18(26)9-15/h2-12H,13-14H2,1H3/b22-12+. The van der Waals surface area contributed by atoms with Gasteiger partial charge in [0.1, 0.15) is 6.61 Å². The second-order valence-corrected chi connectivity index (χ2v) is 10.5. The number of thioether (sulfide) groups is 1. The molecule has 3 aromatic rings. The van der Waals surface area contributed by atoms with E-state index in [9.17, 15) is 9.59 Å². The van der Waals surface area contributed by atoms with Crippen LogP contribution in [0.2, 0.25) is 5.02 Å². The lowest BCUT2D eigenvalue weighted by Crippen LogP contribution is -2.27. The van der Waals surface area contributed by atoms with E-state index in [0.29, 0.717) is 31.5 Å². The molecule has 0 aliphatic carbocycles. The molecular weight excluding hydrogens is 606 g/mol. The molecule has 1 saturated heterocycles. The van der Waals surface area contributed by atoms with E-state index >= 15 is 0 Å². The van der Waals surface area contributed by atoms with Crippen molar-refractivity contribution in [2.24, 2.45) is 0 Å². The molecule has 4 rings (SSSR count). The zero-order valence-corrected chi connectivity index (χ0v) is 22.6. The van der Waals surface area contributed by atoms with Crippen LogP contribution >= 0.6 is 55.2 Å². The molecule has 0 unspecified atom stereocenters. The predicted octanol–water partition coefficient (Wildman–Crippen LogP) is 7.69. The van der Waals surface area contributed by atoms with Gasteiger partial charge in [-0.1, -0.05) is 57.9 Å². The molecule has 174 valence electrons. The SMILES string of the molecule is COc1cc(/C=C2/SC(=O)N(Cc3cccc(Br)c3)C2=O)cc(Br)c1OCc1ccccc1Cl. The number of amides is 2. The normalized spacial score (nSPS) is 14.7. The van der Waals surface area contributed by atoms with Crippen LogP contribution in [0.4, 0.5) is 4.79 Å². The predicted molar refractivity (Wildman–Crippen MR) is 142 cm³/mol. The number of nitrogens with zero attached hydrogens (tertiary/aromatic N) is 1. The average molecular weight is 624 g/mol. The van der Waals surface area contributed by atoms with Gasteiger partial charge in [0.05, 0.1) is 23.0 Å². The van der Waals surface area contributed by atoms with E-state index in [-0.39, 0.29) is 24.3 Å². The second-order valence-electron chi connectivity index (χ2n) is 7.31. The Labute approximate surface area is 223 Å². The quantitative estimate of drug-likeness (QED) is 0.253. The molecule has 0 spiro atoms. The van der Waals surface area contributed by atoms with Crippen molar-refractivity contribution in [2.45, 2.75) is 13.2 Å². The van der Waals surface area contributed by atoms with E-state index < -0.39 is 0 Å². The van der Waals surface area contributed by atoms with Gasteiger partial charge in [0.2, 0.25) is 0 Å². The molecule has 0 radical (unpaired) electrons. The van der Waals surface area contributed by atoms with Crippen LogP contribution in [0.1, 0.15) is 16.7 Å². The monoisotopic (exact) mass is 621 g/mol. The Kier molecular flexibility index (Phi) is 8.03. The molecule has 34 heavy (non-hydrogen) atoms. The van der Waals surface area contributed by atoms with Gasteiger partial charge in [-0.05, 0) is 75.2 Å². The molecule has 1 aliphatic rings. The lowest BCUT2D eigenvalue weighted by Gasteiger charge is -2.14. The van der Waals surface area contributed by atoms with Crippen LogP contribution in [0.25, 0.3) is 6.08 Å². The Bertz CT molecular complexity index is 1300. The highest BCUT2D eigenvalue weighted by Crippen LogP contribution is 2.40. The van der Waals surface area contributed by atoms with Crippen LogP contribution in [0.15, 0.2) is 74.5 Å². The highest BCUT2D eigenvalue weighted by molar-refractivity contribution is 9.10. The summed E-state index contributed by atoms with van der Waals surface area (Å²) < 4.78 is 13.0. The van der Waals surface area contributed by atoms with Gasteiger partial charge in [-0.3, -0.25) is 14.5 Å². The Balaban J connectivity index is 1.54. The van der Waals surface area contributed by atoms with Crippen LogP contribution in [0.5, 0.6) is 11.5 Å². The first-order valence-electron chi connectivity index (χ1n) is 10.1.